The SMILES string of the molecule is O=C(O[C@@H](Cc1c(Cl)c[n+]([O-])cc1Cl)c1ccc(OC(F)F)c(OCC2CC2)c1)[C@@H]1SCCN1S(=O)(=O)c1ccc2[nH]c(=O)oc2c1. The van der Waals surface area contributed by atoms with E-state index in [-0.39, 0.29) is 74.4 Å². The Morgan fingerprint density at radius 3 is 2.60 bits per heavy atom. The summed E-state index contributed by atoms with van der Waals surface area (Å²) in [4.78, 5) is 27.6. The standard InChI is InChI=1S/C29H25Cl2F2N3O9S2/c30-19-12-35(39)13-20(31)18(19)11-23(16-3-6-22(44-28(32)33)25(9-16)42-14-15-1-2-15)43-27(37)26-36(7-8-46-26)47(40,41)17-4-5-21-24(10-17)45-29(38)34-21/h3-6,9-10,12-13,15,23,26,28H,1-2,7-8,11,14H2,(H,34,38)/t23-,26-/m0/s1. The molecule has 250 valence electrons. The topological polar surface area (TPSA) is 155 Å². The highest BCUT2D eigenvalue weighted by atomic mass is 35.5. The first-order valence-electron chi connectivity index (χ1n) is 14.1. The summed E-state index contributed by atoms with van der Waals surface area (Å²) in [6, 6.07) is 7.89. The fourth-order valence-electron chi connectivity index (χ4n) is 4.97. The number of carbonyl (C=O) groups is 1. The predicted octanol–water partition coefficient (Wildman–Crippen LogP) is 5.04. The minimum atomic E-state index is -4.28. The second-order valence-corrected chi connectivity index (χ2v) is 14.7. The summed E-state index contributed by atoms with van der Waals surface area (Å²) in [6.45, 7) is -2.89. The van der Waals surface area contributed by atoms with Crippen LogP contribution in [0.5, 0.6) is 11.5 Å². The number of nitrogens with one attached hydrogen (secondary N) is 1. The van der Waals surface area contributed by atoms with Crippen molar-refractivity contribution in [1.29, 1.82) is 0 Å². The molecule has 0 radical (unpaired) electrons. The second kappa shape index (κ2) is 13.5. The smallest absolute Gasteiger partial charge is 0.417 e. The number of thioether (sulfide) groups is 1. The molecule has 0 unspecified atom stereocenters. The van der Waals surface area contributed by atoms with E-state index in [1.807, 2.05) is 0 Å². The first-order valence-corrected chi connectivity index (χ1v) is 17.4. The number of nitrogens with zero attached hydrogens (tertiary/aromatic N) is 2. The number of fused-ring (bicyclic) bond motifs is 1. The van der Waals surface area contributed by atoms with Crippen molar-refractivity contribution in [3.8, 4) is 11.5 Å². The van der Waals surface area contributed by atoms with Gasteiger partial charge >= 0.3 is 18.3 Å². The number of oxazole rings is 1. The summed E-state index contributed by atoms with van der Waals surface area (Å²) < 4.78 is 76.5. The Hall–Kier alpha value is -3.57. The van der Waals surface area contributed by atoms with Gasteiger partial charge in [0.1, 0.15) is 16.1 Å². The molecule has 18 heteroatoms. The molecule has 6 rings (SSSR count). The fraction of sp³-hybridized carbons (Fsp3) is 0.345. The predicted molar refractivity (Wildman–Crippen MR) is 166 cm³/mol. The maximum absolute atomic E-state index is 13.8. The van der Waals surface area contributed by atoms with Crippen molar-refractivity contribution in [3.05, 3.63) is 85.7 Å². The molecule has 2 atom stereocenters. The molecular formula is C29H25Cl2F2N3O9S2. The summed E-state index contributed by atoms with van der Waals surface area (Å²) in [5, 5.41) is 10.5. The zero-order valence-electron chi connectivity index (χ0n) is 24.1. The van der Waals surface area contributed by atoms with E-state index in [4.69, 9.17) is 37.1 Å². The third-order valence-corrected chi connectivity index (χ3v) is 11.3. The molecule has 1 N–H and O–H groups in total. The number of carbonyl (C=O) groups excluding carboxylic acids is 1. The number of aromatic nitrogens is 2. The van der Waals surface area contributed by atoms with Crippen molar-refractivity contribution in [2.24, 2.45) is 5.92 Å². The summed E-state index contributed by atoms with van der Waals surface area (Å²) in [5.74, 6) is -1.37. The van der Waals surface area contributed by atoms with Crippen molar-refractivity contribution < 1.29 is 45.4 Å². The number of halogens is 4. The number of hydrogen-bond acceptors (Lipinski definition) is 10. The van der Waals surface area contributed by atoms with E-state index in [9.17, 15) is 32.0 Å². The lowest BCUT2D eigenvalue weighted by molar-refractivity contribution is -0.605. The Kier molecular flexibility index (Phi) is 9.58. The van der Waals surface area contributed by atoms with Crippen LogP contribution in [0.4, 0.5) is 8.78 Å². The molecule has 2 aromatic heterocycles. The number of benzene rings is 2. The van der Waals surface area contributed by atoms with Gasteiger partial charge in [0.25, 0.3) is 0 Å². The highest BCUT2D eigenvalue weighted by Gasteiger charge is 2.42. The summed E-state index contributed by atoms with van der Waals surface area (Å²) in [7, 11) is -4.28. The van der Waals surface area contributed by atoms with Crippen LogP contribution in [0.3, 0.4) is 0 Å². The van der Waals surface area contributed by atoms with E-state index in [1.54, 1.807) is 0 Å². The minimum Gasteiger partial charge on any atom is -0.619 e. The van der Waals surface area contributed by atoms with E-state index < -0.39 is 39.8 Å². The van der Waals surface area contributed by atoms with Crippen molar-refractivity contribution >= 4 is 62.1 Å². The van der Waals surface area contributed by atoms with Gasteiger partial charge in [0.2, 0.25) is 10.0 Å². The third kappa shape index (κ3) is 7.46. The van der Waals surface area contributed by atoms with Crippen LogP contribution < -0.4 is 20.0 Å². The third-order valence-electron chi connectivity index (χ3n) is 7.48. The van der Waals surface area contributed by atoms with Crippen LogP contribution in [-0.4, -0.2) is 54.6 Å². The molecule has 2 aromatic carbocycles. The molecule has 0 amide bonds. The van der Waals surface area contributed by atoms with Crippen LogP contribution in [0.2, 0.25) is 10.0 Å². The van der Waals surface area contributed by atoms with Gasteiger partial charge in [-0.2, -0.15) is 17.8 Å². The lowest BCUT2D eigenvalue weighted by Crippen LogP contribution is -2.40. The number of hydrogen-bond donors (Lipinski definition) is 1. The molecule has 2 aliphatic rings. The van der Waals surface area contributed by atoms with Crippen LogP contribution in [-0.2, 0) is 26.0 Å². The Morgan fingerprint density at radius 2 is 1.89 bits per heavy atom. The molecular weight excluding hydrogens is 707 g/mol. The maximum Gasteiger partial charge on any atom is 0.417 e. The van der Waals surface area contributed by atoms with Gasteiger partial charge in [-0.25, -0.2) is 18.0 Å². The van der Waals surface area contributed by atoms with Crippen LogP contribution in [0.25, 0.3) is 11.1 Å². The molecule has 1 aliphatic carbocycles. The fourth-order valence-corrected chi connectivity index (χ4v) is 8.63. The van der Waals surface area contributed by atoms with E-state index >= 15 is 0 Å². The Labute approximate surface area is 280 Å². The Morgan fingerprint density at radius 1 is 1.15 bits per heavy atom. The van der Waals surface area contributed by atoms with Crippen LogP contribution in [0.15, 0.2) is 62.9 Å². The highest BCUT2D eigenvalue weighted by Crippen LogP contribution is 2.39. The van der Waals surface area contributed by atoms with Gasteiger partial charge in [-0.15, -0.1) is 11.8 Å². The van der Waals surface area contributed by atoms with Crippen LogP contribution in [0.1, 0.15) is 30.1 Å². The number of esters is 1. The normalized spacial score (nSPS) is 17.7. The molecule has 47 heavy (non-hydrogen) atoms. The van der Waals surface area contributed by atoms with Gasteiger partial charge in [0, 0.05) is 30.3 Å². The van der Waals surface area contributed by atoms with Crippen LogP contribution >= 0.6 is 35.0 Å². The molecule has 12 nitrogen and oxygen atoms in total. The van der Waals surface area contributed by atoms with E-state index in [1.165, 1.54) is 36.4 Å². The van der Waals surface area contributed by atoms with Gasteiger partial charge in [-0.1, -0.05) is 29.3 Å². The van der Waals surface area contributed by atoms with Gasteiger partial charge in [-0.3, -0.25) is 4.98 Å². The molecule has 0 spiro atoms. The second-order valence-electron chi connectivity index (χ2n) is 10.8. The van der Waals surface area contributed by atoms with E-state index in [0.717, 1.165) is 41.3 Å². The lowest BCUT2D eigenvalue weighted by atomic mass is 10.0. The lowest BCUT2D eigenvalue weighted by Gasteiger charge is -2.26. The number of rotatable bonds is 12. The number of aromatic amines is 1. The first kappa shape index (κ1) is 33.3. The van der Waals surface area contributed by atoms with Crippen molar-refractivity contribution in [2.45, 2.75) is 42.2 Å². The number of sulfonamides is 1. The van der Waals surface area contributed by atoms with Gasteiger partial charge < -0.3 is 23.8 Å². The average Bonchev–Trinajstić information content (AvgIpc) is 3.54. The minimum absolute atomic E-state index is 0.00958. The van der Waals surface area contributed by atoms with Crippen LogP contribution in [0, 0.1) is 11.1 Å². The first-order chi connectivity index (χ1) is 22.4. The maximum atomic E-state index is 13.8. The Bertz CT molecular complexity index is 1970. The number of ether oxygens (including phenoxy) is 3. The zero-order chi connectivity index (χ0) is 33.5. The molecule has 1 saturated carbocycles. The molecule has 1 aliphatic heterocycles. The molecule has 2 fully saturated rings. The monoisotopic (exact) mass is 731 g/mol. The number of pyridine rings is 1. The van der Waals surface area contributed by atoms with E-state index in [2.05, 4.69) is 9.72 Å². The number of alkyl halides is 2. The van der Waals surface area contributed by atoms with Crippen molar-refractivity contribution in [3.63, 3.8) is 0 Å². The van der Waals surface area contributed by atoms with Crippen molar-refractivity contribution in [1.82, 2.24) is 9.29 Å². The molecule has 3 heterocycles. The van der Waals surface area contributed by atoms with E-state index in [0.29, 0.717) is 10.2 Å². The largest absolute Gasteiger partial charge is 0.619 e. The average molecular weight is 733 g/mol. The summed E-state index contributed by atoms with van der Waals surface area (Å²) in [6.07, 6.45) is 2.63. The number of H-pyrrole nitrogens is 1. The summed E-state index contributed by atoms with van der Waals surface area (Å²) in [5.41, 5.74) is 0.852. The van der Waals surface area contributed by atoms with Gasteiger partial charge in [0.15, 0.2) is 34.8 Å². The zero-order valence-corrected chi connectivity index (χ0v) is 27.2. The molecule has 4 aromatic rings. The molecule has 1 saturated heterocycles. The quantitative estimate of drug-likeness (QED) is 0.119. The highest BCUT2D eigenvalue weighted by molar-refractivity contribution is 8.02. The van der Waals surface area contributed by atoms with Crippen molar-refractivity contribution in [2.75, 3.05) is 18.9 Å². The summed E-state index contributed by atoms with van der Waals surface area (Å²) >= 11 is 13.7. The molecule has 0 bridgehead atoms. The van der Waals surface area contributed by atoms with Gasteiger partial charge in [-0.05, 0) is 48.6 Å². The Balaban J connectivity index is 1.32. The van der Waals surface area contributed by atoms with Gasteiger partial charge in [0.05, 0.1) is 17.0 Å².